The van der Waals surface area contributed by atoms with E-state index < -0.39 is 72.5 Å². The molecule has 70 heavy (non-hydrogen) atoms. The predicted octanol–water partition coefficient (Wildman–Crippen LogP) is 1.46. The van der Waals surface area contributed by atoms with Gasteiger partial charge in [0.1, 0.15) is 36.7 Å². The number of urea groups is 1. The molecule has 2 aromatic rings. The Hall–Kier alpha value is -5.87. The number of benzene rings is 2. The fraction of sp³-hybridized carbons (Fsp3) is 0.612. The first-order valence-electron chi connectivity index (χ1n) is 24.2. The van der Waals surface area contributed by atoms with Crippen molar-refractivity contribution < 1.29 is 63.1 Å². The maximum Gasteiger partial charge on any atom is 0.312 e. The topological polar surface area (TPSA) is 318 Å². The summed E-state index contributed by atoms with van der Waals surface area (Å²) in [7, 11) is 0. The van der Waals surface area contributed by atoms with Crippen molar-refractivity contribution in [3.63, 3.8) is 0 Å². The third-order valence-electron chi connectivity index (χ3n) is 11.3. The molecule has 0 bridgehead atoms. The molecule has 12 N–H and O–H groups in total. The van der Waals surface area contributed by atoms with Gasteiger partial charge in [0.15, 0.2) is 6.10 Å². The van der Waals surface area contributed by atoms with Crippen molar-refractivity contribution in [3.8, 4) is 5.75 Å². The van der Waals surface area contributed by atoms with Crippen LogP contribution in [0.5, 0.6) is 5.75 Å². The average molecular weight is 985 g/mol. The molecular weight excluding hydrogens is 909 g/mol. The molecule has 3 rings (SSSR count). The van der Waals surface area contributed by atoms with Gasteiger partial charge in [0.05, 0.1) is 11.7 Å². The van der Waals surface area contributed by atoms with E-state index in [1.165, 1.54) is 36.2 Å². The van der Waals surface area contributed by atoms with Crippen LogP contribution < -0.4 is 47.7 Å². The van der Waals surface area contributed by atoms with Crippen LogP contribution in [-0.2, 0) is 51.3 Å². The normalized spacial score (nSPS) is 18.5. The summed E-state index contributed by atoms with van der Waals surface area (Å²) in [6.45, 7) is 11.4. The highest BCUT2D eigenvalue weighted by molar-refractivity contribution is 5.99. The van der Waals surface area contributed by atoms with Crippen molar-refractivity contribution in [1.29, 1.82) is 0 Å². The number of anilines is 1. The van der Waals surface area contributed by atoms with Crippen LogP contribution in [0.1, 0.15) is 109 Å². The van der Waals surface area contributed by atoms with E-state index in [-0.39, 0.29) is 74.2 Å². The van der Waals surface area contributed by atoms with Crippen LogP contribution >= 0.6 is 0 Å². The summed E-state index contributed by atoms with van der Waals surface area (Å²) in [5, 5.41) is 51.9. The monoisotopic (exact) mass is 985 g/mol. The number of rotatable bonds is 30. The molecule has 0 aliphatic carbocycles. The van der Waals surface area contributed by atoms with Crippen LogP contribution in [0.25, 0.3) is 0 Å². The SMILES string of the molecule is CC(=O)OCc1ccc(NC(=O)[C@H](CCCNC(N)=O)NC(=O)[C@@H](NC(C)C)C(C)C)c(O[C@@H]2O[C@H](C(=O)NCCC(=O)NCCCCCNC(=O)CCCCc3ccc(C)cc3)[C@@H](O)[C@H](O)[C@H]2O)c1. The van der Waals surface area contributed by atoms with Crippen molar-refractivity contribution in [1.82, 2.24) is 31.9 Å². The predicted molar refractivity (Wildman–Crippen MR) is 260 cm³/mol. The second kappa shape index (κ2) is 30.7. The quantitative estimate of drug-likeness (QED) is 0.0390. The summed E-state index contributed by atoms with van der Waals surface area (Å²) in [4.78, 5) is 88.4. The highest BCUT2D eigenvalue weighted by Gasteiger charge is 2.48. The Morgan fingerprint density at radius 3 is 1.99 bits per heavy atom. The molecule has 7 atom stereocenters. The Morgan fingerprint density at radius 1 is 0.714 bits per heavy atom. The maximum absolute atomic E-state index is 14.0. The minimum atomic E-state index is -1.95. The standard InChI is InChI=1S/C49H76N8O13/c1-29(2)40(55-30(3)4)46(65)57-36(14-12-25-54-49(50)67)45(64)56-35-21-20-34(28-68-32(6)58)27-37(35)69-48-43(63)41(61)42(62)44(70-48)47(66)53-26-22-39(60)52-24-11-7-10-23-51-38(59)15-9-8-13-33-18-16-31(5)17-19-33/h16-21,27,29-30,36,40-44,48,55,61-63H,7-15,22-26,28H2,1-6H3,(H,51,59)(H,52,60)(H,53,66)(H,56,64)(H,57,65)(H3,50,54,67)/t36-,40-,41-,42-,43+,44-,48+/m0/s1. The molecule has 0 saturated carbocycles. The maximum atomic E-state index is 14.0. The molecule has 0 spiro atoms. The van der Waals surface area contributed by atoms with Crippen LogP contribution in [0.3, 0.4) is 0 Å². The van der Waals surface area contributed by atoms with Crippen molar-refractivity contribution >= 4 is 47.2 Å². The number of unbranched alkanes of at least 4 members (excludes halogenated alkanes) is 3. The van der Waals surface area contributed by atoms with Crippen LogP contribution in [0.4, 0.5) is 10.5 Å². The van der Waals surface area contributed by atoms with Crippen LogP contribution in [0, 0.1) is 12.8 Å². The zero-order chi connectivity index (χ0) is 51.8. The van der Waals surface area contributed by atoms with Crippen molar-refractivity contribution in [2.24, 2.45) is 11.7 Å². The lowest BCUT2D eigenvalue weighted by Crippen LogP contribution is -2.62. The van der Waals surface area contributed by atoms with Gasteiger partial charge in [-0.1, -0.05) is 63.6 Å². The fourth-order valence-corrected chi connectivity index (χ4v) is 7.36. The van der Waals surface area contributed by atoms with E-state index in [4.69, 9.17) is 19.9 Å². The molecule has 2 aromatic carbocycles. The second-order valence-electron chi connectivity index (χ2n) is 18.1. The van der Waals surface area contributed by atoms with E-state index in [1.54, 1.807) is 0 Å². The molecule has 1 fully saturated rings. The van der Waals surface area contributed by atoms with Gasteiger partial charge in [-0.3, -0.25) is 28.8 Å². The molecule has 21 nitrogen and oxygen atoms in total. The van der Waals surface area contributed by atoms with E-state index in [1.807, 2.05) is 27.7 Å². The lowest BCUT2D eigenvalue weighted by molar-refractivity contribution is -0.266. The molecular formula is C49H76N8O13. The van der Waals surface area contributed by atoms with E-state index >= 15 is 0 Å². The molecule has 0 radical (unpaired) electrons. The van der Waals surface area contributed by atoms with Gasteiger partial charge in [0.25, 0.3) is 5.91 Å². The molecule has 0 unspecified atom stereocenters. The molecule has 1 aliphatic rings. The number of primary amides is 1. The number of aliphatic hydroxyl groups is 3. The first kappa shape index (κ1) is 58.4. The van der Waals surface area contributed by atoms with E-state index in [0.717, 1.165) is 32.1 Å². The molecule has 1 heterocycles. The van der Waals surface area contributed by atoms with E-state index in [2.05, 4.69) is 68.4 Å². The van der Waals surface area contributed by atoms with E-state index in [0.29, 0.717) is 31.5 Å². The van der Waals surface area contributed by atoms with Gasteiger partial charge < -0.3 is 72.5 Å². The highest BCUT2D eigenvalue weighted by atomic mass is 16.7. The number of carbonyl (C=O) groups excluding carboxylic acids is 7. The lowest BCUT2D eigenvalue weighted by Gasteiger charge is -2.39. The summed E-state index contributed by atoms with van der Waals surface area (Å²) in [5.74, 6) is -3.30. The molecule has 390 valence electrons. The third-order valence-corrected chi connectivity index (χ3v) is 11.3. The zero-order valence-electron chi connectivity index (χ0n) is 41.3. The summed E-state index contributed by atoms with van der Waals surface area (Å²) in [6.07, 6.45) is -3.84. The van der Waals surface area contributed by atoms with Gasteiger partial charge in [-0.05, 0) is 87.5 Å². The number of nitrogens with two attached hydrogens (primary N) is 1. The summed E-state index contributed by atoms with van der Waals surface area (Å²) < 4.78 is 16.8. The molecule has 0 aromatic heterocycles. The summed E-state index contributed by atoms with van der Waals surface area (Å²) >= 11 is 0. The number of aliphatic hydroxyl groups excluding tert-OH is 3. The largest absolute Gasteiger partial charge is 0.461 e. The smallest absolute Gasteiger partial charge is 0.312 e. The lowest BCUT2D eigenvalue weighted by atomic mass is 9.98. The number of amides is 7. The first-order valence-corrected chi connectivity index (χ1v) is 24.2. The van der Waals surface area contributed by atoms with Gasteiger partial charge in [-0.15, -0.1) is 0 Å². The van der Waals surface area contributed by atoms with Gasteiger partial charge in [0.2, 0.25) is 29.9 Å². The number of aryl methyl sites for hydroxylation is 2. The Balaban J connectivity index is 1.56. The van der Waals surface area contributed by atoms with Gasteiger partial charge in [-0.25, -0.2) is 4.79 Å². The van der Waals surface area contributed by atoms with Gasteiger partial charge >= 0.3 is 12.0 Å². The average Bonchev–Trinajstić information content (AvgIpc) is 3.30. The Morgan fingerprint density at radius 2 is 1.36 bits per heavy atom. The van der Waals surface area contributed by atoms with E-state index in [9.17, 15) is 48.9 Å². The first-order chi connectivity index (χ1) is 33.2. The number of esters is 1. The molecule has 1 saturated heterocycles. The van der Waals surface area contributed by atoms with Crippen LogP contribution in [-0.4, -0.2) is 132 Å². The number of nitrogens with one attached hydrogen (secondary N) is 7. The minimum Gasteiger partial charge on any atom is -0.461 e. The van der Waals surface area contributed by atoms with Gasteiger partial charge in [0, 0.05) is 52.0 Å². The summed E-state index contributed by atoms with van der Waals surface area (Å²) in [5.41, 5.74) is 8.03. The van der Waals surface area contributed by atoms with Crippen LogP contribution in [0.15, 0.2) is 42.5 Å². The molecule has 21 heteroatoms. The van der Waals surface area contributed by atoms with Crippen molar-refractivity contribution in [2.75, 3.05) is 31.5 Å². The minimum absolute atomic E-state index is 0.0160. The number of ether oxygens (including phenoxy) is 3. The summed E-state index contributed by atoms with van der Waals surface area (Å²) in [6, 6.07) is 10.1. The highest BCUT2D eigenvalue weighted by Crippen LogP contribution is 2.32. The van der Waals surface area contributed by atoms with Crippen molar-refractivity contribution in [2.45, 2.75) is 161 Å². The van der Waals surface area contributed by atoms with Gasteiger partial charge in [-0.2, -0.15) is 0 Å². The van der Waals surface area contributed by atoms with Crippen LogP contribution in [0.2, 0.25) is 0 Å². The molecule has 7 amide bonds. The number of hydrogen-bond donors (Lipinski definition) is 11. The van der Waals surface area contributed by atoms with Crippen molar-refractivity contribution in [3.05, 3.63) is 59.2 Å². The zero-order valence-corrected chi connectivity index (χ0v) is 41.3. The Kier molecular flexibility index (Phi) is 25.6. The Labute approximate surface area is 410 Å². The second-order valence-corrected chi connectivity index (χ2v) is 18.1. The third kappa shape index (κ3) is 21.4. The fourth-order valence-electron chi connectivity index (χ4n) is 7.36. The number of carbonyl (C=O) groups is 7. The Bertz CT molecular complexity index is 2000. The number of hydrogen-bond acceptors (Lipinski definition) is 14. The molecule has 1 aliphatic heterocycles.